The van der Waals surface area contributed by atoms with Gasteiger partial charge in [0, 0.05) is 26.2 Å². The van der Waals surface area contributed by atoms with Crippen molar-refractivity contribution in [3.05, 3.63) is 0 Å². The molecule has 2 aromatic heterocycles. The molecule has 0 amide bonds. The molecule has 3 heterocycles. The largest absolute Gasteiger partial charge is 0.457 e. The smallest absolute Gasteiger partial charge is 0.384 e. The van der Waals surface area contributed by atoms with E-state index < -0.39 is 239 Å². The van der Waals surface area contributed by atoms with Crippen molar-refractivity contribution in [2.75, 3.05) is 62.4 Å². The van der Waals surface area contributed by atoms with Gasteiger partial charge in [0.15, 0.2) is 26.4 Å². The molecule has 1 fully saturated rings. The summed E-state index contributed by atoms with van der Waals surface area (Å²) in [7, 11) is 0. The fourth-order valence-corrected chi connectivity index (χ4v) is 6.59. The number of halogens is 48. The van der Waals surface area contributed by atoms with Crippen molar-refractivity contribution in [2.24, 2.45) is 0 Å². The third-order valence-electron chi connectivity index (χ3n) is 12.5. The highest BCUT2D eigenvalue weighted by Crippen LogP contribution is 2.63. The highest BCUT2D eigenvalue weighted by molar-refractivity contribution is 5.38. The SMILES string of the molecule is FC(F)C(F)(F)C(F)(F)C(F)(F)C(F)(F)C(F)(F)COc1nc(OCC(F)(F)C(F)(F)C(F)(F)C(F)(F)C(F)(F)C(F)F)nc(N2CCCN(c3nc(OCC(F)(F)C(F)(F)C(F)(F)C(F)(F)C(F)(F)C(F)F)nc(OCC(F)(F)C(F)(F)C(F)(F)C(F)(F)C(F)(F)C(F)F)n3)CC2)n1. The molecule has 0 aromatic carbocycles. The molecule has 1 aliphatic rings. The molecule has 0 aliphatic carbocycles. The third-order valence-corrected chi connectivity index (χ3v) is 12.5. The lowest BCUT2D eigenvalue weighted by Crippen LogP contribution is -2.69. The Morgan fingerprint density at radius 1 is 0.232 bits per heavy atom. The van der Waals surface area contributed by atoms with Crippen molar-refractivity contribution in [3.8, 4) is 24.0 Å². The van der Waals surface area contributed by atoms with Crippen molar-refractivity contribution in [2.45, 2.75) is 151 Å². The summed E-state index contributed by atoms with van der Waals surface area (Å²) in [4.78, 5) is 15.7. The normalized spacial score (nSPS) is 16.6. The van der Waals surface area contributed by atoms with Gasteiger partial charge in [-0.1, -0.05) is 0 Å². The number of aromatic nitrogens is 6. The second-order valence-electron chi connectivity index (χ2n) is 19.3. The number of rotatable bonds is 34. The zero-order valence-electron chi connectivity index (χ0n) is 45.0. The minimum absolute atomic E-state index is 0.00542. The molecule has 99 heavy (non-hydrogen) atoms. The molecule has 0 unspecified atom stereocenters. The summed E-state index contributed by atoms with van der Waals surface area (Å²) in [6.45, 7) is -21.6. The Morgan fingerprint density at radius 3 is 0.545 bits per heavy atom. The maximum Gasteiger partial charge on any atom is 0.384 e. The first-order chi connectivity index (χ1) is 43.5. The van der Waals surface area contributed by atoms with Crippen LogP contribution < -0.4 is 28.7 Å². The van der Waals surface area contributed by atoms with Gasteiger partial charge in [-0.15, -0.1) is 9.97 Å². The van der Waals surface area contributed by atoms with Gasteiger partial charge in [0.05, 0.1) is 0 Å². The van der Waals surface area contributed by atoms with E-state index in [1.54, 1.807) is 0 Å². The van der Waals surface area contributed by atoms with Gasteiger partial charge in [0.25, 0.3) is 0 Å². The Balaban J connectivity index is 2.30. The minimum Gasteiger partial charge on any atom is -0.457 e. The molecule has 578 valence electrons. The summed E-state index contributed by atoms with van der Waals surface area (Å²) in [6.07, 6.45) is -25.7. The lowest BCUT2D eigenvalue weighted by atomic mass is 9.94. The fraction of sp³-hybridized carbons (Fsp3) is 0.846. The van der Waals surface area contributed by atoms with E-state index >= 15 is 0 Å². The number of ether oxygens (including phenoxy) is 4. The van der Waals surface area contributed by atoms with E-state index in [9.17, 15) is 211 Å². The van der Waals surface area contributed by atoms with E-state index in [0.717, 1.165) is 0 Å². The van der Waals surface area contributed by atoms with Gasteiger partial charge in [-0.25, -0.2) is 35.1 Å². The van der Waals surface area contributed by atoms with Crippen molar-refractivity contribution in [1.29, 1.82) is 0 Å². The highest BCUT2D eigenvalue weighted by atomic mass is 19.4. The fourth-order valence-electron chi connectivity index (χ4n) is 6.59. The third kappa shape index (κ3) is 14.0. The monoisotopic (exact) mass is 1580 g/mol. The summed E-state index contributed by atoms with van der Waals surface area (Å²) < 4.78 is 680. The van der Waals surface area contributed by atoms with Gasteiger partial charge in [0.2, 0.25) is 11.9 Å². The van der Waals surface area contributed by atoms with Crippen LogP contribution in [0.25, 0.3) is 0 Å². The van der Waals surface area contributed by atoms with Crippen molar-refractivity contribution >= 4 is 11.9 Å². The second kappa shape index (κ2) is 26.4. The molecule has 2 aromatic rings. The Morgan fingerprint density at radius 2 is 0.394 bits per heavy atom. The van der Waals surface area contributed by atoms with Crippen molar-refractivity contribution in [3.63, 3.8) is 0 Å². The van der Waals surface area contributed by atoms with Crippen molar-refractivity contribution in [1.82, 2.24) is 29.9 Å². The van der Waals surface area contributed by atoms with Crippen LogP contribution in [0.2, 0.25) is 0 Å². The molecule has 60 heteroatoms. The number of nitrogens with zero attached hydrogens (tertiary/aromatic N) is 8. The topological polar surface area (TPSA) is 121 Å². The molecular formula is C39H22F48N8O4. The molecule has 12 nitrogen and oxygen atoms in total. The highest BCUT2D eigenvalue weighted by Gasteiger charge is 2.92. The zero-order chi connectivity index (χ0) is 78.4. The zero-order valence-corrected chi connectivity index (χ0v) is 45.0. The van der Waals surface area contributed by atoms with Crippen LogP contribution in [-0.2, 0) is 0 Å². The maximum atomic E-state index is 14.7. The van der Waals surface area contributed by atoms with Gasteiger partial charge in [-0.2, -0.15) is 196 Å². The lowest BCUT2D eigenvalue weighted by Gasteiger charge is -2.39. The Bertz CT molecular complexity index is 2710. The van der Waals surface area contributed by atoms with Crippen molar-refractivity contribution < 1.29 is 230 Å². The first kappa shape index (κ1) is 86.7. The summed E-state index contributed by atoms with van der Waals surface area (Å²) in [5.74, 6) is -164. The molecule has 0 spiro atoms. The summed E-state index contributed by atoms with van der Waals surface area (Å²) in [5.41, 5.74) is 0. The Kier molecular flexibility index (Phi) is 23.1. The molecular weight excluding hydrogens is 1560 g/mol. The van der Waals surface area contributed by atoms with E-state index in [1.165, 1.54) is 0 Å². The quantitative estimate of drug-likeness (QED) is 0.0620. The number of anilines is 2. The van der Waals surface area contributed by atoms with Gasteiger partial charge >= 0.3 is 168 Å². The van der Waals surface area contributed by atoms with Crippen LogP contribution in [0.1, 0.15) is 6.42 Å². The van der Waals surface area contributed by atoms with E-state index in [2.05, 4.69) is 48.9 Å². The predicted octanol–water partition coefficient (Wildman–Crippen LogP) is 15.1. The second-order valence-corrected chi connectivity index (χ2v) is 19.3. The van der Waals surface area contributed by atoms with Gasteiger partial charge in [-0.05, 0) is 6.42 Å². The molecule has 0 bridgehead atoms. The summed E-state index contributed by atoms with van der Waals surface area (Å²) >= 11 is 0. The molecule has 1 aliphatic heterocycles. The van der Waals surface area contributed by atoms with E-state index in [1.807, 2.05) is 0 Å². The molecule has 1 saturated heterocycles. The standard InChI is InChI=1S/C39H22F48N8O4/c40-10(41)24(56,57)32(72,73)36(80,81)28(64,65)20(48,49)6-96-16-88-14(89-17(92-16)97-7-21(50,51)29(66,67)37(82,83)33(74,75)25(58,59)11(42)43)94-2-1-3-95(5-4-94)15-90-18(98-8-22(52,53)30(68,69)38(84,85)34(76,77)26(60,61)12(44)45)93-19(91-15)99-9-23(54,55)31(70,71)39(86,87)35(78,79)27(62,63)13(46)47/h10-13H,1-9H2. The molecule has 0 saturated carbocycles. The van der Waals surface area contributed by atoms with Crippen LogP contribution in [0.15, 0.2) is 0 Å². The molecule has 3 rings (SSSR count). The van der Waals surface area contributed by atoms with E-state index in [4.69, 9.17) is 0 Å². The van der Waals surface area contributed by atoms with Gasteiger partial charge in [-0.3, -0.25) is 0 Å². The van der Waals surface area contributed by atoms with Crippen LogP contribution >= 0.6 is 0 Å². The Hall–Kier alpha value is -6.54. The predicted molar refractivity (Wildman–Crippen MR) is 214 cm³/mol. The van der Waals surface area contributed by atoms with Crippen LogP contribution in [0.5, 0.6) is 24.0 Å². The van der Waals surface area contributed by atoms with Gasteiger partial charge < -0.3 is 28.7 Å². The van der Waals surface area contributed by atoms with E-state index in [-0.39, 0.29) is 9.80 Å². The molecule has 0 atom stereocenters. The van der Waals surface area contributed by atoms with E-state index in [0.29, 0.717) is 0 Å². The lowest BCUT2D eigenvalue weighted by molar-refractivity contribution is -0.414. The first-order valence-corrected chi connectivity index (χ1v) is 23.7. The van der Waals surface area contributed by atoms with Gasteiger partial charge in [0.1, 0.15) is 0 Å². The average Bonchev–Trinajstić information content (AvgIpc) is 0.800. The summed E-state index contributed by atoms with van der Waals surface area (Å²) in [5, 5.41) is 0. The summed E-state index contributed by atoms with van der Waals surface area (Å²) in [6, 6.07) is -10.7. The first-order valence-electron chi connectivity index (χ1n) is 23.7. The Labute approximate surface area is 509 Å². The van der Waals surface area contributed by atoms with Crippen LogP contribution in [0.3, 0.4) is 0 Å². The maximum absolute atomic E-state index is 14.7. The molecule has 0 radical (unpaired) electrons. The van der Waals surface area contributed by atoms with Crippen LogP contribution in [0.4, 0.5) is 223 Å². The van der Waals surface area contributed by atoms with Crippen LogP contribution in [-0.4, -0.2) is 227 Å². The number of hydrogen-bond acceptors (Lipinski definition) is 12. The minimum atomic E-state index is -8.45. The molecule has 0 N–H and O–H groups in total. The average molecular weight is 1580 g/mol. The van der Waals surface area contributed by atoms with Crippen LogP contribution in [0, 0.1) is 0 Å². The number of alkyl halides is 48. The number of hydrogen-bond donors (Lipinski definition) is 0.